The number of carbonyl (C=O) groups excluding carboxylic acids is 1. The van der Waals surface area contributed by atoms with Crippen molar-refractivity contribution in [1.29, 1.82) is 0 Å². The van der Waals surface area contributed by atoms with E-state index in [4.69, 9.17) is 9.84 Å². The van der Waals surface area contributed by atoms with Crippen LogP contribution in [0, 0.1) is 13.8 Å². The Balaban J connectivity index is 2.50. The van der Waals surface area contributed by atoms with Crippen LogP contribution in [0.2, 0.25) is 0 Å². The molecule has 21 heavy (non-hydrogen) atoms. The van der Waals surface area contributed by atoms with E-state index < -0.39 is 12.0 Å². The topological polar surface area (TPSA) is 101 Å². The number of thioether (sulfide) groups is 1. The SMILES string of the molecule is COCCC(NC(=O)CSc1nc(C)cc(C)n1)C(=O)O. The zero-order valence-electron chi connectivity index (χ0n) is 12.3. The molecule has 1 heterocycles. The molecule has 0 aromatic carbocycles. The average molecular weight is 313 g/mol. The van der Waals surface area contributed by atoms with E-state index in [-0.39, 0.29) is 24.7 Å². The van der Waals surface area contributed by atoms with Crippen molar-refractivity contribution in [2.75, 3.05) is 19.5 Å². The second-order valence-electron chi connectivity index (χ2n) is 4.46. The number of rotatable bonds is 8. The maximum absolute atomic E-state index is 11.8. The Kier molecular flexibility index (Phi) is 7.10. The molecule has 0 radical (unpaired) electrons. The summed E-state index contributed by atoms with van der Waals surface area (Å²) in [7, 11) is 1.48. The van der Waals surface area contributed by atoms with E-state index in [1.807, 2.05) is 19.9 Å². The third-order valence-corrected chi connectivity index (χ3v) is 3.39. The molecule has 1 aromatic rings. The van der Waals surface area contributed by atoms with E-state index >= 15 is 0 Å². The molecule has 0 bridgehead atoms. The number of hydrogen-bond acceptors (Lipinski definition) is 6. The normalized spacial score (nSPS) is 12.0. The molecule has 0 aliphatic rings. The number of nitrogens with zero attached hydrogens (tertiary/aromatic N) is 2. The molecule has 7 nitrogen and oxygen atoms in total. The number of aromatic nitrogens is 2. The van der Waals surface area contributed by atoms with Crippen molar-refractivity contribution in [2.45, 2.75) is 31.5 Å². The predicted molar refractivity (Wildman–Crippen MR) is 78.3 cm³/mol. The van der Waals surface area contributed by atoms with Gasteiger partial charge in [-0.3, -0.25) is 4.79 Å². The minimum absolute atomic E-state index is 0.0691. The van der Waals surface area contributed by atoms with Gasteiger partial charge in [0.1, 0.15) is 6.04 Å². The van der Waals surface area contributed by atoms with Crippen LogP contribution in [-0.4, -0.2) is 52.5 Å². The fourth-order valence-electron chi connectivity index (χ4n) is 1.62. The van der Waals surface area contributed by atoms with Crippen LogP contribution in [0.5, 0.6) is 0 Å². The van der Waals surface area contributed by atoms with Crippen LogP contribution in [0.3, 0.4) is 0 Å². The Morgan fingerprint density at radius 1 is 1.38 bits per heavy atom. The second-order valence-corrected chi connectivity index (χ2v) is 5.40. The lowest BCUT2D eigenvalue weighted by Crippen LogP contribution is -2.42. The summed E-state index contributed by atoms with van der Waals surface area (Å²) in [5.41, 5.74) is 1.66. The number of carbonyl (C=O) groups is 2. The number of nitrogens with one attached hydrogen (secondary N) is 1. The first-order valence-electron chi connectivity index (χ1n) is 6.38. The van der Waals surface area contributed by atoms with Gasteiger partial charge in [0.05, 0.1) is 5.75 Å². The number of carboxylic acids is 1. The molecule has 1 aromatic heterocycles. The van der Waals surface area contributed by atoms with Crippen LogP contribution < -0.4 is 5.32 Å². The summed E-state index contributed by atoms with van der Waals surface area (Å²) in [6.45, 7) is 3.97. The van der Waals surface area contributed by atoms with Crippen molar-refractivity contribution in [3.05, 3.63) is 17.5 Å². The van der Waals surface area contributed by atoms with Gasteiger partial charge in [0.15, 0.2) is 5.16 Å². The molecule has 0 fully saturated rings. The Morgan fingerprint density at radius 3 is 2.52 bits per heavy atom. The highest BCUT2D eigenvalue weighted by Crippen LogP contribution is 2.13. The molecule has 1 atom stereocenters. The van der Waals surface area contributed by atoms with E-state index in [2.05, 4.69) is 15.3 Å². The van der Waals surface area contributed by atoms with E-state index in [9.17, 15) is 9.59 Å². The summed E-state index contributed by atoms with van der Waals surface area (Å²) in [6, 6.07) is 0.896. The van der Waals surface area contributed by atoms with Gasteiger partial charge in [-0.25, -0.2) is 14.8 Å². The first-order valence-corrected chi connectivity index (χ1v) is 7.37. The highest BCUT2D eigenvalue weighted by Gasteiger charge is 2.19. The Bertz CT molecular complexity index is 490. The minimum atomic E-state index is -1.08. The molecule has 0 aliphatic carbocycles. The van der Waals surface area contributed by atoms with Gasteiger partial charge in [-0.05, 0) is 19.9 Å². The van der Waals surface area contributed by atoms with Crippen molar-refractivity contribution in [3.63, 3.8) is 0 Å². The van der Waals surface area contributed by atoms with Gasteiger partial charge in [0.25, 0.3) is 0 Å². The average Bonchev–Trinajstić information content (AvgIpc) is 2.39. The number of carboxylic acid groups (broad SMARTS) is 1. The molecule has 116 valence electrons. The standard InChI is InChI=1S/C13H19N3O4S/c1-8-6-9(2)15-13(14-8)21-7-11(17)16-10(12(18)19)4-5-20-3/h6,10H,4-5,7H2,1-3H3,(H,16,17)(H,18,19). The third kappa shape index (κ3) is 6.54. The molecule has 8 heteroatoms. The van der Waals surface area contributed by atoms with Crippen molar-refractivity contribution in [2.24, 2.45) is 0 Å². The fraction of sp³-hybridized carbons (Fsp3) is 0.538. The molecule has 0 spiro atoms. The molecule has 0 saturated heterocycles. The predicted octanol–water partition coefficient (Wildman–Crippen LogP) is 0.791. The van der Waals surface area contributed by atoms with Crippen LogP contribution in [0.1, 0.15) is 17.8 Å². The van der Waals surface area contributed by atoms with Gasteiger partial charge in [-0.1, -0.05) is 11.8 Å². The molecule has 0 aliphatic heterocycles. The highest BCUT2D eigenvalue weighted by molar-refractivity contribution is 7.99. The third-order valence-electron chi connectivity index (χ3n) is 2.54. The van der Waals surface area contributed by atoms with E-state index in [0.29, 0.717) is 5.16 Å². The zero-order valence-corrected chi connectivity index (χ0v) is 13.1. The van der Waals surface area contributed by atoms with Crippen molar-refractivity contribution < 1.29 is 19.4 Å². The highest BCUT2D eigenvalue weighted by atomic mass is 32.2. The van der Waals surface area contributed by atoms with Crippen LogP contribution >= 0.6 is 11.8 Å². The molecular weight excluding hydrogens is 294 g/mol. The fourth-order valence-corrected chi connectivity index (χ4v) is 2.38. The summed E-state index contributed by atoms with van der Waals surface area (Å²) < 4.78 is 4.82. The molecule has 1 amide bonds. The van der Waals surface area contributed by atoms with Gasteiger partial charge in [-0.15, -0.1) is 0 Å². The molecule has 1 unspecified atom stereocenters. The molecule has 2 N–H and O–H groups in total. The number of ether oxygens (including phenoxy) is 1. The molecule has 0 saturated carbocycles. The lowest BCUT2D eigenvalue weighted by Gasteiger charge is -2.13. The van der Waals surface area contributed by atoms with Crippen LogP contribution in [0.4, 0.5) is 0 Å². The smallest absolute Gasteiger partial charge is 0.326 e. The maximum Gasteiger partial charge on any atom is 0.326 e. The number of aliphatic carboxylic acids is 1. The van der Waals surface area contributed by atoms with E-state index in [1.165, 1.54) is 18.9 Å². The Morgan fingerprint density at radius 2 is 2.00 bits per heavy atom. The number of amides is 1. The Hall–Kier alpha value is -1.67. The monoisotopic (exact) mass is 313 g/mol. The lowest BCUT2D eigenvalue weighted by atomic mass is 10.2. The first-order chi connectivity index (χ1) is 9.92. The van der Waals surface area contributed by atoms with Crippen LogP contribution in [0.25, 0.3) is 0 Å². The Labute approximate surface area is 127 Å². The summed E-state index contributed by atoms with van der Waals surface area (Å²) in [6.07, 6.45) is 0.224. The van der Waals surface area contributed by atoms with Gasteiger partial charge < -0.3 is 15.2 Å². The van der Waals surface area contributed by atoms with Crippen molar-refractivity contribution in [3.8, 4) is 0 Å². The summed E-state index contributed by atoms with van der Waals surface area (Å²) in [5, 5.41) is 12.0. The summed E-state index contributed by atoms with van der Waals surface area (Å²) >= 11 is 1.18. The van der Waals surface area contributed by atoms with Gasteiger partial charge in [0.2, 0.25) is 5.91 Å². The number of aryl methyl sites for hydroxylation is 2. The minimum Gasteiger partial charge on any atom is -0.480 e. The first kappa shape index (κ1) is 17.4. The molecular formula is C13H19N3O4S. The van der Waals surface area contributed by atoms with Gasteiger partial charge in [0, 0.05) is 31.5 Å². The zero-order chi connectivity index (χ0) is 15.8. The van der Waals surface area contributed by atoms with Gasteiger partial charge in [-0.2, -0.15) is 0 Å². The summed E-state index contributed by atoms with van der Waals surface area (Å²) in [4.78, 5) is 31.2. The lowest BCUT2D eigenvalue weighted by molar-refractivity contribution is -0.142. The van der Waals surface area contributed by atoms with Crippen LogP contribution in [-0.2, 0) is 14.3 Å². The quantitative estimate of drug-likeness (QED) is 0.540. The maximum atomic E-state index is 11.8. The number of hydrogen-bond donors (Lipinski definition) is 2. The second kappa shape index (κ2) is 8.58. The van der Waals surface area contributed by atoms with Gasteiger partial charge >= 0.3 is 5.97 Å². The van der Waals surface area contributed by atoms with E-state index in [1.54, 1.807) is 0 Å². The largest absolute Gasteiger partial charge is 0.480 e. The van der Waals surface area contributed by atoms with E-state index in [0.717, 1.165) is 11.4 Å². The summed E-state index contributed by atoms with van der Waals surface area (Å²) in [5.74, 6) is -1.38. The van der Waals surface area contributed by atoms with Crippen molar-refractivity contribution in [1.82, 2.24) is 15.3 Å². The number of methoxy groups -OCH3 is 1. The molecule has 1 rings (SSSR count). The van der Waals surface area contributed by atoms with Crippen molar-refractivity contribution >= 4 is 23.6 Å². The van der Waals surface area contributed by atoms with Crippen LogP contribution in [0.15, 0.2) is 11.2 Å².